The first-order valence-corrected chi connectivity index (χ1v) is 7.98. The molecule has 0 aromatic heterocycles. The van der Waals surface area contributed by atoms with Crippen molar-refractivity contribution in [1.29, 1.82) is 0 Å². The Labute approximate surface area is 151 Å². The number of methoxy groups -OCH3 is 2. The van der Waals surface area contributed by atoms with Crippen LogP contribution in [0.25, 0.3) is 0 Å². The van der Waals surface area contributed by atoms with Crippen molar-refractivity contribution in [3.8, 4) is 5.75 Å². The van der Waals surface area contributed by atoms with Crippen LogP contribution in [0.2, 0.25) is 0 Å². The third-order valence-electron chi connectivity index (χ3n) is 3.71. The van der Waals surface area contributed by atoms with Crippen LogP contribution in [0.3, 0.4) is 0 Å². The lowest BCUT2D eigenvalue weighted by Crippen LogP contribution is -2.23. The largest absolute Gasteiger partial charge is 0.496 e. The van der Waals surface area contributed by atoms with Crippen LogP contribution in [0.1, 0.15) is 15.9 Å². The first kappa shape index (κ1) is 19.2. The topological polar surface area (TPSA) is 103 Å². The average Bonchev–Trinajstić information content (AvgIpc) is 2.66. The molecule has 138 valence electrons. The second-order valence-electron chi connectivity index (χ2n) is 5.40. The summed E-state index contributed by atoms with van der Waals surface area (Å²) in [4.78, 5) is 23.1. The minimum atomic E-state index is -0.522. The van der Waals surface area contributed by atoms with Crippen LogP contribution in [-0.4, -0.2) is 38.2 Å². The fraction of sp³-hybridized carbons (Fsp3) is 0.278. The summed E-state index contributed by atoms with van der Waals surface area (Å²) in [5.41, 5.74) is 1.21. The van der Waals surface area contributed by atoms with Crippen LogP contribution in [0, 0.1) is 10.1 Å². The van der Waals surface area contributed by atoms with Crippen molar-refractivity contribution < 1.29 is 19.2 Å². The number of nitro groups is 1. The molecule has 8 nitrogen and oxygen atoms in total. The van der Waals surface area contributed by atoms with Crippen molar-refractivity contribution in [3.05, 3.63) is 63.7 Å². The molecule has 2 N–H and O–H groups in total. The highest BCUT2D eigenvalue weighted by atomic mass is 16.6. The molecule has 0 aliphatic rings. The van der Waals surface area contributed by atoms with Crippen molar-refractivity contribution in [2.24, 2.45) is 0 Å². The SMILES string of the molecule is COCCNc1ccc(C(=O)NCc2ccccc2OC)cc1[N+](=O)[O-]. The predicted molar refractivity (Wildman–Crippen MR) is 97.6 cm³/mol. The van der Waals surface area contributed by atoms with Crippen LogP contribution < -0.4 is 15.4 Å². The number of hydrogen-bond acceptors (Lipinski definition) is 6. The number of nitrogens with one attached hydrogen (secondary N) is 2. The van der Waals surface area contributed by atoms with E-state index in [9.17, 15) is 14.9 Å². The number of anilines is 1. The Balaban J connectivity index is 2.10. The van der Waals surface area contributed by atoms with Gasteiger partial charge in [-0.2, -0.15) is 0 Å². The molecule has 0 fully saturated rings. The maximum atomic E-state index is 12.3. The molecule has 0 bridgehead atoms. The van der Waals surface area contributed by atoms with E-state index in [0.717, 1.165) is 5.56 Å². The number of amides is 1. The van der Waals surface area contributed by atoms with Crippen molar-refractivity contribution in [3.63, 3.8) is 0 Å². The summed E-state index contributed by atoms with van der Waals surface area (Å²) < 4.78 is 10.1. The van der Waals surface area contributed by atoms with Gasteiger partial charge in [-0.25, -0.2) is 0 Å². The average molecular weight is 359 g/mol. The number of carbonyl (C=O) groups is 1. The van der Waals surface area contributed by atoms with E-state index in [2.05, 4.69) is 10.6 Å². The Bertz CT molecular complexity index is 779. The zero-order chi connectivity index (χ0) is 18.9. The molecular formula is C18H21N3O5. The van der Waals surface area contributed by atoms with Crippen LogP contribution in [0.4, 0.5) is 11.4 Å². The second-order valence-corrected chi connectivity index (χ2v) is 5.40. The van der Waals surface area contributed by atoms with Crippen LogP contribution >= 0.6 is 0 Å². The van der Waals surface area contributed by atoms with E-state index in [1.807, 2.05) is 18.2 Å². The molecule has 0 aliphatic carbocycles. The standard InChI is InChI=1S/C18H21N3O5/c1-25-10-9-19-15-8-7-13(11-16(15)21(23)24)18(22)20-12-14-5-3-4-6-17(14)26-2/h3-8,11,19H,9-10,12H2,1-2H3,(H,20,22). The molecule has 0 heterocycles. The maximum absolute atomic E-state index is 12.3. The second kappa shape index (κ2) is 9.38. The van der Waals surface area contributed by atoms with Gasteiger partial charge >= 0.3 is 0 Å². The van der Waals surface area contributed by atoms with E-state index in [1.165, 1.54) is 12.1 Å². The summed E-state index contributed by atoms with van der Waals surface area (Å²) in [6.45, 7) is 1.10. The smallest absolute Gasteiger partial charge is 0.293 e. The molecule has 0 atom stereocenters. The lowest BCUT2D eigenvalue weighted by molar-refractivity contribution is -0.384. The van der Waals surface area contributed by atoms with E-state index < -0.39 is 10.8 Å². The number of nitro benzene ring substituents is 1. The number of ether oxygens (including phenoxy) is 2. The Morgan fingerprint density at radius 3 is 2.65 bits per heavy atom. The molecule has 0 aliphatic heterocycles. The van der Waals surface area contributed by atoms with Gasteiger partial charge in [-0.1, -0.05) is 18.2 Å². The molecule has 0 spiro atoms. The number of para-hydroxylation sites is 1. The van der Waals surface area contributed by atoms with E-state index in [-0.39, 0.29) is 17.8 Å². The maximum Gasteiger partial charge on any atom is 0.293 e. The molecule has 0 saturated carbocycles. The molecule has 8 heteroatoms. The lowest BCUT2D eigenvalue weighted by Gasteiger charge is -2.11. The van der Waals surface area contributed by atoms with Gasteiger partial charge in [0.2, 0.25) is 0 Å². The van der Waals surface area contributed by atoms with E-state index in [4.69, 9.17) is 9.47 Å². The van der Waals surface area contributed by atoms with E-state index >= 15 is 0 Å². The van der Waals surface area contributed by atoms with E-state index in [0.29, 0.717) is 24.6 Å². The highest BCUT2D eigenvalue weighted by Crippen LogP contribution is 2.25. The fourth-order valence-electron chi connectivity index (χ4n) is 2.39. The molecule has 2 aromatic carbocycles. The zero-order valence-electron chi connectivity index (χ0n) is 14.7. The highest BCUT2D eigenvalue weighted by molar-refractivity contribution is 5.95. The molecule has 26 heavy (non-hydrogen) atoms. The number of hydrogen-bond donors (Lipinski definition) is 2. The van der Waals surface area contributed by atoms with Crippen LogP contribution in [0.5, 0.6) is 5.75 Å². The minimum Gasteiger partial charge on any atom is -0.496 e. The molecule has 0 unspecified atom stereocenters. The van der Waals surface area contributed by atoms with E-state index in [1.54, 1.807) is 26.4 Å². The summed E-state index contributed by atoms with van der Waals surface area (Å²) in [5, 5.41) is 16.9. The van der Waals surface area contributed by atoms with Gasteiger partial charge in [0, 0.05) is 37.4 Å². The number of benzene rings is 2. The van der Waals surface area contributed by atoms with Crippen LogP contribution in [-0.2, 0) is 11.3 Å². The zero-order valence-corrected chi connectivity index (χ0v) is 14.7. The Kier molecular flexibility index (Phi) is 6.92. The van der Waals surface area contributed by atoms with Crippen molar-refractivity contribution in [1.82, 2.24) is 5.32 Å². The molecule has 0 radical (unpaired) electrons. The molecule has 1 amide bonds. The third kappa shape index (κ3) is 4.93. The van der Waals surface area contributed by atoms with Crippen LogP contribution in [0.15, 0.2) is 42.5 Å². The van der Waals surface area contributed by atoms with Crippen molar-refractivity contribution >= 4 is 17.3 Å². The van der Waals surface area contributed by atoms with Gasteiger partial charge in [0.15, 0.2) is 0 Å². The third-order valence-corrected chi connectivity index (χ3v) is 3.71. The monoisotopic (exact) mass is 359 g/mol. The first-order chi connectivity index (χ1) is 12.6. The molecule has 2 rings (SSSR count). The van der Waals surface area contributed by atoms with Crippen molar-refractivity contribution in [2.75, 3.05) is 32.7 Å². The Morgan fingerprint density at radius 2 is 1.96 bits per heavy atom. The van der Waals surface area contributed by atoms with Gasteiger partial charge in [-0.3, -0.25) is 14.9 Å². The summed E-state index contributed by atoms with van der Waals surface area (Å²) in [6.07, 6.45) is 0. The number of nitrogens with zero attached hydrogens (tertiary/aromatic N) is 1. The molecule has 0 saturated heterocycles. The van der Waals surface area contributed by atoms with Gasteiger partial charge in [-0.05, 0) is 18.2 Å². The minimum absolute atomic E-state index is 0.161. The summed E-state index contributed by atoms with van der Waals surface area (Å²) in [7, 11) is 3.10. The molecule has 2 aromatic rings. The predicted octanol–water partition coefficient (Wildman–Crippen LogP) is 2.59. The van der Waals surface area contributed by atoms with Gasteiger partial charge in [0.25, 0.3) is 11.6 Å². The van der Waals surface area contributed by atoms with Gasteiger partial charge < -0.3 is 20.1 Å². The molecular weight excluding hydrogens is 338 g/mol. The fourth-order valence-corrected chi connectivity index (χ4v) is 2.39. The first-order valence-electron chi connectivity index (χ1n) is 7.98. The number of carbonyl (C=O) groups excluding carboxylic acids is 1. The number of rotatable bonds is 9. The normalized spacial score (nSPS) is 10.2. The highest BCUT2D eigenvalue weighted by Gasteiger charge is 2.17. The summed E-state index contributed by atoms with van der Waals surface area (Å²) >= 11 is 0. The van der Waals surface area contributed by atoms with Gasteiger partial charge in [0.1, 0.15) is 11.4 Å². The Hall–Kier alpha value is -3.13. The summed E-state index contributed by atoms with van der Waals surface area (Å²) in [5.74, 6) is 0.263. The Morgan fingerprint density at radius 1 is 1.19 bits per heavy atom. The quantitative estimate of drug-likeness (QED) is 0.405. The summed E-state index contributed by atoms with van der Waals surface area (Å²) in [6, 6.07) is 11.6. The van der Waals surface area contributed by atoms with Gasteiger partial charge in [-0.15, -0.1) is 0 Å². The lowest BCUT2D eigenvalue weighted by atomic mass is 10.1. The van der Waals surface area contributed by atoms with Crippen molar-refractivity contribution in [2.45, 2.75) is 6.54 Å². The van der Waals surface area contributed by atoms with Gasteiger partial charge in [0.05, 0.1) is 18.6 Å².